The molecule has 0 radical (unpaired) electrons. The first kappa shape index (κ1) is 13.3. The van der Waals surface area contributed by atoms with E-state index < -0.39 is 0 Å². The van der Waals surface area contributed by atoms with Crippen molar-refractivity contribution in [3.8, 4) is 23.8 Å². The van der Waals surface area contributed by atoms with Gasteiger partial charge in [-0.05, 0) is 28.1 Å². The van der Waals surface area contributed by atoms with E-state index >= 15 is 0 Å². The maximum Gasteiger partial charge on any atom is 0.331 e. The second-order valence-corrected chi connectivity index (χ2v) is 4.24. The number of benzene rings is 1. The average molecular weight is 327 g/mol. The van der Waals surface area contributed by atoms with E-state index in [4.69, 9.17) is 19.9 Å². The predicted molar refractivity (Wildman–Crippen MR) is 71.6 cm³/mol. The minimum absolute atomic E-state index is 0.0509. The van der Waals surface area contributed by atoms with Crippen molar-refractivity contribution in [2.45, 2.75) is 0 Å². The summed E-state index contributed by atoms with van der Waals surface area (Å²) < 4.78 is 16.1. The third-order valence-corrected chi connectivity index (χ3v) is 2.75. The molecule has 2 rings (SSSR count). The van der Waals surface area contributed by atoms with Gasteiger partial charge < -0.3 is 19.9 Å². The molecule has 0 aliphatic carbocycles. The van der Waals surface area contributed by atoms with Crippen molar-refractivity contribution in [3.63, 3.8) is 0 Å². The summed E-state index contributed by atoms with van der Waals surface area (Å²) >= 11 is 3.34. The average Bonchev–Trinajstić information content (AvgIpc) is 2.42. The van der Waals surface area contributed by atoms with Gasteiger partial charge in [0.25, 0.3) is 0 Å². The highest BCUT2D eigenvalue weighted by Gasteiger charge is 2.11. The van der Waals surface area contributed by atoms with E-state index in [0.717, 1.165) is 4.47 Å². The van der Waals surface area contributed by atoms with E-state index in [1.54, 1.807) is 18.2 Å². The van der Waals surface area contributed by atoms with Crippen molar-refractivity contribution in [1.29, 1.82) is 0 Å². The maximum absolute atomic E-state index is 5.69. The molecule has 1 heterocycles. The van der Waals surface area contributed by atoms with Gasteiger partial charge in [0.2, 0.25) is 0 Å². The molecular weight excluding hydrogens is 316 g/mol. The molecule has 0 fully saturated rings. The molecule has 0 amide bonds. The quantitative estimate of drug-likeness (QED) is 0.859. The van der Waals surface area contributed by atoms with E-state index in [1.165, 1.54) is 14.2 Å². The standard InChI is InChI=1S/C11H11BrN4O3/c1-17-9-14-10(18-2)16-11(15-9)19-8-5-6(13)3-4-7(8)12/h3-5H,13H2,1-2H3. The molecule has 0 spiro atoms. The lowest BCUT2D eigenvalue weighted by Crippen LogP contribution is -2.01. The zero-order valence-corrected chi connectivity index (χ0v) is 11.8. The van der Waals surface area contributed by atoms with Gasteiger partial charge in [0.05, 0.1) is 18.7 Å². The van der Waals surface area contributed by atoms with Crippen LogP contribution in [0.15, 0.2) is 22.7 Å². The van der Waals surface area contributed by atoms with Gasteiger partial charge >= 0.3 is 18.0 Å². The van der Waals surface area contributed by atoms with Crippen LogP contribution in [0.3, 0.4) is 0 Å². The number of nitrogens with zero attached hydrogens (tertiary/aromatic N) is 3. The number of halogens is 1. The molecular formula is C11H11BrN4O3. The molecule has 2 N–H and O–H groups in total. The molecule has 100 valence electrons. The predicted octanol–water partition coefficient (Wildman–Crippen LogP) is 2.03. The van der Waals surface area contributed by atoms with Crippen LogP contribution in [-0.4, -0.2) is 29.2 Å². The molecule has 1 aromatic heterocycles. The summed E-state index contributed by atoms with van der Waals surface area (Å²) in [5, 5.41) is 0. The van der Waals surface area contributed by atoms with Crippen LogP contribution >= 0.6 is 15.9 Å². The fourth-order valence-electron chi connectivity index (χ4n) is 1.25. The van der Waals surface area contributed by atoms with E-state index in [0.29, 0.717) is 11.4 Å². The normalized spacial score (nSPS) is 10.1. The van der Waals surface area contributed by atoms with E-state index in [1.807, 2.05) is 0 Å². The van der Waals surface area contributed by atoms with Crippen molar-refractivity contribution in [2.75, 3.05) is 20.0 Å². The van der Waals surface area contributed by atoms with Gasteiger partial charge in [-0.2, -0.15) is 0 Å². The van der Waals surface area contributed by atoms with Crippen molar-refractivity contribution >= 4 is 21.6 Å². The molecule has 7 nitrogen and oxygen atoms in total. The minimum Gasteiger partial charge on any atom is -0.467 e. The van der Waals surface area contributed by atoms with Crippen LogP contribution < -0.4 is 19.9 Å². The Morgan fingerprint density at radius 1 is 1.00 bits per heavy atom. The minimum atomic E-state index is 0.0509. The second-order valence-electron chi connectivity index (χ2n) is 3.38. The summed E-state index contributed by atoms with van der Waals surface area (Å²) in [7, 11) is 2.88. The number of aromatic nitrogens is 3. The Balaban J connectivity index is 2.34. The molecule has 0 atom stereocenters. The van der Waals surface area contributed by atoms with Crippen molar-refractivity contribution in [2.24, 2.45) is 0 Å². The number of nitrogen functional groups attached to an aromatic ring is 1. The Kier molecular flexibility index (Phi) is 4.00. The van der Waals surface area contributed by atoms with Crippen LogP contribution in [0.5, 0.6) is 23.8 Å². The molecule has 2 aromatic rings. The highest BCUT2D eigenvalue weighted by Crippen LogP contribution is 2.30. The molecule has 19 heavy (non-hydrogen) atoms. The third-order valence-electron chi connectivity index (χ3n) is 2.10. The molecule has 8 heteroatoms. The lowest BCUT2D eigenvalue weighted by atomic mass is 10.3. The zero-order valence-electron chi connectivity index (χ0n) is 10.3. The Hall–Kier alpha value is -2.09. The third kappa shape index (κ3) is 3.22. The summed E-state index contributed by atoms with van der Waals surface area (Å²) in [5.74, 6) is 0.482. The van der Waals surface area contributed by atoms with Gasteiger partial charge in [-0.15, -0.1) is 15.0 Å². The fraction of sp³-hybridized carbons (Fsp3) is 0.182. The summed E-state index contributed by atoms with van der Waals surface area (Å²) in [6.45, 7) is 0. The summed E-state index contributed by atoms with van der Waals surface area (Å²) in [6.07, 6.45) is 0. The van der Waals surface area contributed by atoms with Crippen LogP contribution in [0, 0.1) is 0 Å². The van der Waals surface area contributed by atoms with Crippen molar-refractivity contribution < 1.29 is 14.2 Å². The van der Waals surface area contributed by atoms with Gasteiger partial charge in [0, 0.05) is 11.8 Å². The monoisotopic (exact) mass is 326 g/mol. The van der Waals surface area contributed by atoms with Crippen LogP contribution in [0.25, 0.3) is 0 Å². The molecule has 0 aliphatic rings. The van der Waals surface area contributed by atoms with Crippen molar-refractivity contribution in [1.82, 2.24) is 15.0 Å². The van der Waals surface area contributed by atoms with Gasteiger partial charge in [-0.1, -0.05) is 0 Å². The molecule has 0 saturated heterocycles. The molecule has 0 bridgehead atoms. The summed E-state index contributed by atoms with van der Waals surface area (Å²) in [5.41, 5.74) is 6.25. The SMILES string of the molecule is COc1nc(OC)nc(Oc2cc(N)ccc2Br)n1. The van der Waals surface area contributed by atoms with E-state index in [2.05, 4.69) is 30.9 Å². The first-order valence-corrected chi connectivity index (χ1v) is 5.98. The molecule has 0 saturated carbocycles. The van der Waals surface area contributed by atoms with Gasteiger partial charge in [0.15, 0.2) is 0 Å². The summed E-state index contributed by atoms with van der Waals surface area (Å²) in [4.78, 5) is 11.8. The van der Waals surface area contributed by atoms with E-state index in [9.17, 15) is 0 Å². The highest BCUT2D eigenvalue weighted by atomic mass is 79.9. The number of hydrogen-bond donors (Lipinski definition) is 1. The van der Waals surface area contributed by atoms with Crippen LogP contribution in [0.2, 0.25) is 0 Å². The topological polar surface area (TPSA) is 92.4 Å². The Bertz CT molecular complexity index is 572. The number of hydrogen-bond acceptors (Lipinski definition) is 7. The number of nitrogens with two attached hydrogens (primary N) is 1. The largest absolute Gasteiger partial charge is 0.467 e. The first-order chi connectivity index (χ1) is 9.12. The Labute approximate surface area is 117 Å². The Morgan fingerprint density at radius 3 is 2.16 bits per heavy atom. The van der Waals surface area contributed by atoms with Gasteiger partial charge in [-0.25, -0.2) is 0 Å². The van der Waals surface area contributed by atoms with Crippen molar-refractivity contribution in [3.05, 3.63) is 22.7 Å². The Morgan fingerprint density at radius 2 is 1.58 bits per heavy atom. The van der Waals surface area contributed by atoms with Gasteiger partial charge in [-0.3, -0.25) is 0 Å². The highest BCUT2D eigenvalue weighted by molar-refractivity contribution is 9.10. The number of rotatable bonds is 4. The van der Waals surface area contributed by atoms with Crippen LogP contribution in [0.1, 0.15) is 0 Å². The lowest BCUT2D eigenvalue weighted by Gasteiger charge is -2.08. The molecule has 1 aromatic carbocycles. The van der Waals surface area contributed by atoms with E-state index in [-0.39, 0.29) is 18.0 Å². The number of methoxy groups -OCH3 is 2. The smallest absolute Gasteiger partial charge is 0.331 e. The molecule has 0 unspecified atom stereocenters. The van der Waals surface area contributed by atoms with Gasteiger partial charge in [0.1, 0.15) is 5.75 Å². The summed E-state index contributed by atoms with van der Waals surface area (Å²) in [6, 6.07) is 5.40. The molecule has 0 aliphatic heterocycles. The fourth-order valence-corrected chi connectivity index (χ4v) is 1.57. The first-order valence-electron chi connectivity index (χ1n) is 5.19. The lowest BCUT2D eigenvalue weighted by molar-refractivity contribution is 0.320. The van der Waals surface area contributed by atoms with Crippen LogP contribution in [0.4, 0.5) is 5.69 Å². The number of ether oxygens (including phenoxy) is 3. The second kappa shape index (κ2) is 5.70. The maximum atomic E-state index is 5.69. The zero-order chi connectivity index (χ0) is 13.8. The number of anilines is 1. The van der Waals surface area contributed by atoms with Crippen LogP contribution in [-0.2, 0) is 0 Å².